The van der Waals surface area contributed by atoms with Crippen molar-refractivity contribution in [2.75, 3.05) is 12.0 Å². The van der Waals surface area contributed by atoms with Crippen molar-refractivity contribution in [3.8, 4) is 5.75 Å². The molecule has 2 atom stereocenters. The second kappa shape index (κ2) is 7.35. The second-order valence-electron chi connectivity index (χ2n) is 7.01. The Morgan fingerprint density at radius 2 is 1.79 bits per heavy atom. The number of amides is 1. The molecule has 2 unspecified atom stereocenters. The monoisotopic (exact) mass is 375 g/mol. The summed E-state index contributed by atoms with van der Waals surface area (Å²) in [6.07, 6.45) is 0.115. The molecule has 0 bridgehead atoms. The normalized spacial score (nSPS) is 19.2. The average molecular weight is 375 g/mol. The van der Waals surface area contributed by atoms with E-state index in [0.717, 1.165) is 22.0 Å². The Morgan fingerprint density at radius 3 is 2.50 bits per heavy atom. The molecule has 28 heavy (non-hydrogen) atoms. The lowest BCUT2D eigenvalue weighted by Crippen LogP contribution is -2.29. The number of hydrogen-bond donors (Lipinski definition) is 1. The Kier molecular flexibility index (Phi) is 4.74. The molecule has 1 saturated heterocycles. The molecule has 1 N–H and O–H groups in total. The van der Waals surface area contributed by atoms with E-state index in [0.29, 0.717) is 5.75 Å². The summed E-state index contributed by atoms with van der Waals surface area (Å²) < 4.78 is 5.65. The van der Waals surface area contributed by atoms with Crippen LogP contribution in [0.5, 0.6) is 5.75 Å². The fourth-order valence-electron chi connectivity index (χ4n) is 4.22. The van der Waals surface area contributed by atoms with Gasteiger partial charge in [0.2, 0.25) is 5.91 Å². The zero-order chi connectivity index (χ0) is 19.7. The molecule has 5 heteroatoms. The third kappa shape index (κ3) is 3.09. The van der Waals surface area contributed by atoms with Gasteiger partial charge in [-0.25, -0.2) is 0 Å². The van der Waals surface area contributed by atoms with Crippen LogP contribution in [0.15, 0.2) is 66.7 Å². The van der Waals surface area contributed by atoms with Crippen LogP contribution in [0.4, 0.5) is 5.69 Å². The van der Waals surface area contributed by atoms with Gasteiger partial charge in [0.15, 0.2) is 0 Å². The van der Waals surface area contributed by atoms with Gasteiger partial charge in [0.1, 0.15) is 5.75 Å². The van der Waals surface area contributed by atoms with Crippen molar-refractivity contribution < 1.29 is 19.4 Å². The van der Waals surface area contributed by atoms with E-state index >= 15 is 0 Å². The van der Waals surface area contributed by atoms with Gasteiger partial charge in [0, 0.05) is 23.6 Å². The predicted molar refractivity (Wildman–Crippen MR) is 108 cm³/mol. The van der Waals surface area contributed by atoms with E-state index in [1.54, 1.807) is 12.0 Å². The third-order valence-electron chi connectivity index (χ3n) is 5.35. The van der Waals surface area contributed by atoms with E-state index in [1.165, 1.54) is 0 Å². The molecule has 0 aliphatic carbocycles. The van der Waals surface area contributed by atoms with E-state index in [1.807, 2.05) is 66.7 Å². The molecular formula is C23H21NO4. The van der Waals surface area contributed by atoms with Crippen molar-refractivity contribution >= 4 is 28.3 Å². The Hall–Kier alpha value is -3.34. The molecule has 142 valence electrons. The Bertz CT molecular complexity index is 1030. The number of hydrogen-bond acceptors (Lipinski definition) is 3. The number of nitrogens with zero attached hydrogens (tertiary/aromatic N) is 1. The number of methoxy groups -OCH3 is 1. The Morgan fingerprint density at radius 1 is 1.07 bits per heavy atom. The maximum atomic E-state index is 13.0. The van der Waals surface area contributed by atoms with Crippen LogP contribution in [0.25, 0.3) is 10.8 Å². The molecule has 0 spiro atoms. The van der Waals surface area contributed by atoms with Gasteiger partial charge in [-0.15, -0.1) is 0 Å². The Labute approximate surface area is 163 Å². The summed E-state index contributed by atoms with van der Waals surface area (Å²) in [5.41, 5.74) is 1.63. The van der Waals surface area contributed by atoms with Gasteiger partial charge >= 0.3 is 5.97 Å². The first-order valence-corrected chi connectivity index (χ1v) is 9.24. The van der Waals surface area contributed by atoms with Crippen molar-refractivity contribution in [3.05, 3.63) is 72.3 Å². The molecule has 4 rings (SSSR count). The van der Waals surface area contributed by atoms with Crippen LogP contribution in [0, 0.1) is 5.92 Å². The smallest absolute Gasteiger partial charge is 0.303 e. The number of ether oxygens (including phenoxy) is 1. The number of carbonyl (C=O) groups is 2. The molecule has 1 fully saturated rings. The average Bonchev–Trinajstić information content (AvgIpc) is 3.02. The van der Waals surface area contributed by atoms with Crippen LogP contribution in [0.3, 0.4) is 0 Å². The van der Waals surface area contributed by atoms with Crippen LogP contribution >= 0.6 is 0 Å². The molecular weight excluding hydrogens is 354 g/mol. The molecule has 5 nitrogen and oxygen atoms in total. The number of carboxylic acids is 1. The minimum Gasteiger partial charge on any atom is -0.496 e. The van der Waals surface area contributed by atoms with Gasteiger partial charge in [-0.2, -0.15) is 0 Å². The zero-order valence-corrected chi connectivity index (χ0v) is 15.5. The van der Waals surface area contributed by atoms with E-state index < -0.39 is 12.0 Å². The fraction of sp³-hybridized carbons (Fsp3) is 0.217. The summed E-state index contributed by atoms with van der Waals surface area (Å²) in [6.45, 7) is 0. The summed E-state index contributed by atoms with van der Waals surface area (Å²) >= 11 is 0. The molecule has 0 saturated carbocycles. The van der Waals surface area contributed by atoms with Gasteiger partial charge in [-0.05, 0) is 29.0 Å². The molecule has 0 radical (unpaired) electrons. The van der Waals surface area contributed by atoms with Crippen LogP contribution in [-0.2, 0) is 9.59 Å². The molecule has 3 aromatic carbocycles. The van der Waals surface area contributed by atoms with E-state index in [9.17, 15) is 14.7 Å². The number of aliphatic carboxylic acids is 1. The second-order valence-corrected chi connectivity index (χ2v) is 7.01. The minimum absolute atomic E-state index is 0.0718. The third-order valence-corrected chi connectivity index (χ3v) is 5.35. The number of para-hydroxylation sites is 1. The molecule has 1 amide bonds. The summed E-state index contributed by atoms with van der Waals surface area (Å²) in [6, 6.07) is 20.8. The van der Waals surface area contributed by atoms with E-state index in [2.05, 4.69) is 0 Å². The number of rotatable bonds is 5. The molecule has 1 aliphatic heterocycles. The van der Waals surface area contributed by atoms with Gasteiger partial charge in [-0.1, -0.05) is 48.5 Å². The highest BCUT2D eigenvalue weighted by atomic mass is 16.5. The van der Waals surface area contributed by atoms with Crippen molar-refractivity contribution in [3.63, 3.8) is 0 Å². The minimum atomic E-state index is -0.906. The first-order valence-electron chi connectivity index (χ1n) is 9.24. The van der Waals surface area contributed by atoms with Gasteiger partial charge in [-0.3, -0.25) is 9.59 Å². The number of carbonyl (C=O) groups excluding carboxylic acids is 1. The lowest BCUT2D eigenvalue weighted by atomic mass is 9.87. The van der Waals surface area contributed by atoms with Gasteiger partial charge < -0.3 is 14.7 Å². The highest BCUT2D eigenvalue weighted by molar-refractivity contribution is 5.99. The summed E-state index contributed by atoms with van der Waals surface area (Å²) in [5, 5.41) is 11.5. The topological polar surface area (TPSA) is 66.8 Å². The first-order chi connectivity index (χ1) is 13.6. The summed E-state index contributed by atoms with van der Waals surface area (Å²) in [5.74, 6) is -0.658. The maximum Gasteiger partial charge on any atom is 0.303 e. The molecule has 1 aliphatic rings. The van der Waals surface area contributed by atoms with Crippen molar-refractivity contribution in [2.45, 2.75) is 18.9 Å². The lowest BCUT2D eigenvalue weighted by Gasteiger charge is -2.30. The number of carboxylic acid groups (broad SMARTS) is 1. The quantitative estimate of drug-likeness (QED) is 0.717. The van der Waals surface area contributed by atoms with Crippen LogP contribution in [0.1, 0.15) is 24.4 Å². The van der Waals surface area contributed by atoms with Crippen LogP contribution < -0.4 is 9.64 Å². The molecule has 1 heterocycles. The predicted octanol–water partition coefficient (Wildman–Crippen LogP) is 4.42. The highest BCUT2D eigenvalue weighted by Crippen LogP contribution is 2.47. The lowest BCUT2D eigenvalue weighted by molar-refractivity contribution is -0.138. The SMILES string of the molecule is COc1ccc2ccccc2c1C1C(CC(=O)O)CC(=O)N1c1ccccc1. The summed E-state index contributed by atoms with van der Waals surface area (Å²) in [4.78, 5) is 26.3. The van der Waals surface area contributed by atoms with Crippen molar-refractivity contribution in [1.82, 2.24) is 0 Å². The zero-order valence-electron chi connectivity index (χ0n) is 15.5. The van der Waals surface area contributed by atoms with E-state index in [-0.39, 0.29) is 24.7 Å². The number of anilines is 1. The molecule has 0 aromatic heterocycles. The summed E-state index contributed by atoms with van der Waals surface area (Å²) in [7, 11) is 1.60. The number of fused-ring (bicyclic) bond motifs is 1. The number of benzene rings is 3. The van der Waals surface area contributed by atoms with Gasteiger partial charge in [0.05, 0.1) is 19.6 Å². The van der Waals surface area contributed by atoms with Gasteiger partial charge in [0.25, 0.3) is 0 Å². The standard InChI is InChI=1S/C23H21NO4/c1-28-19-12-11-15-7-5-6-10-18(15)22(19)23-16(14-21(26)27)13-20(25)24(23)17-8-3-2-4-9-17/h2-12,16,23H,13-14H2,1H3,(H,26,27). The Balaban J connectivity index is 1.96. The van der Waals surface area contributed by atoms with Crippen LogP contribution in [-0.4, -0.2) is 24.1 Å². The first kappa shape index (κ1) is 18.0. The van der Waals surface area contributed by atoms with Crippen LogP contribution in [0.2, 0.25) is 0 Å². The van der Waals surface area contributed by atoms with E-state index in [4.69, 9.17) is 4.74 Å². The maximum absolute atomic E-state index is 13.0. The van der Waals surface area contributed by atoms with Crippen molar-refractivity contribution in [1.29, 1.82) is 0 Å². The molecule has 3 aromatic rings. The largest absolute Gasteiger partial charge is 0.496 e. The highest BCUT2D eigenvalue weighted by Gasteiger charge is 2.44. The van der Waals surface area contributed by atoms with Crippen molar-refractivity contribution in [2.24, 2.45) is 5.92 Å². The fourth-order valence-corrected chi connectivity index (χ4v) is 4.22.